The summed E-state index contributed by atoms with van der Waals surface area (Å²) < 4.78 is 27.3. The normalized spacial score (nSPS) is 15.3. The van der Waals surface area contributed by atoms with Crippen LogP contribution in [0.25, 0.3) is 0 Å². The van der Waals surface area contributed by atoms with Gasteiger partial charge in [-0.2, -0.15) is 0 Å². The third-order valence-electron chi connectivity index (χ3n) is 3.44. The van der Waals surface area contributed by atoms with E-state index in [2.05, 4.69) is 9.71 Å². The number of hydrogen-bond acceptors (Lipinski definition) is 4. The van der Waals surface area contributed by atoms with Crippen molar-refractivity contribution in [3.05, 3.63) is 39.9 Å². The van der Waals surface area contributed by atoms with E-state index >= 15 is 0 Å². The van der Waals surface area contributed by atoms with E-state index in [9.17, 15) is 8.42 Å². The fourth-order valence-electron chi connectivity index (χ4n) is 2.41. The minimum atomic E-state index is -3.69. The molecule has 0 saturated carbocycles. The van der Waals surface area contributed by atoms with Crippen molar-refractivity contribution in [2.45, 2.75) is 37.0 Å². The van der Waals surface area contributed by atoms with Crippen molar-refractivity contribution in [3.63, 3.8) is 0 Å². The standard InChI is InChI=1S/C14H15ClN2O2S2/c15-10-6-4-5-9-13(10)21(18,19)17-14-16-11-7-2-1-3-8-12(11)20-14/h4-6,9H,1-3,7-8H2,(H,16,17). The molecule has 0 radical (unpaired) electrons. The minimum Gasteiger partial charge on any atom is -0.255 e. The van der Waals surface area contributed by atoms with Gasteiger partial charge in [-0.1, -0.05) is 30.2 Å². The number of rotatable bonds is 3. The molecule has 0 atom stereocenters. The smallest absolute Gasteiger partial charge is 0.255 e. The van der Waals surface area contributed by atoms with Crippen molar-refractivity contribution in [2.24, 2.45) is 0 Å². The molecule has 3 rings (SSSR count). The lowest BCUT2D eigenvalue weighted by molar-refractivity contribution is 0.601. The Bertz CT molecular complexity index is 733. The second-order valence-corrected chi connectivity index (χ2v) is 8.13. The van der Waals surface area contributed by atoms with Crippen molar-refractivity contribution in [1.82, 2.24) is 4.98 Å². The van der Waals surface area contributed by atoms with E-state index in [-0.39, 0.29) is 9.92 Å². The molecule has 0 spiro atoms. The summed E-state index contributed by atoms with van der Waals surface area (Å²) in [6, 6.07) is 6.40. The molecule has 112 valence electrons. The Morgan fingerprint density at radius 2 is 1.90 bits per heavy atom. The highest BCUT2D eigenvalue weighted by atomic mass is 35.5. The number of benzene rings is 1. The molecule has 1 aromatic heterocycles. The summed E-state index contributed by atoms with van der Waals surface area (Å²) in [5, 5.41) is 0.643. The molecule has 1 aliphatic carbocycles. The fourth-order valence-corrected chi connectivity index (χ4v) is 5.21. The Balaban J connectivity index is 1.88. The summed E-state index contributed by atoms with van der Waals surface area (Å²) in [5.41, 5.74) is 1.04. The third kappa shape index (κ3) is 3.22. The zero-order chi connectivity index (χ0) is 14.9. The molecule has 0 bridgehead atoms. The van der Waals surface area contributed by atoms with Crippen molar-refractivity contribution in [2.75, 3.05) is 4.72 Å². The lowest BCUT2D eigenvalue weighted by Crippen LogP contribution is -2.13. The average molecular weight is 343 g/mol. The number of sulfonamides is 1. The zero-order valence-electron chi connectivity index (χ0n) is 11.3. The minimum absolute atomic E-state index is 0.0806. The molecule has 0 aliphatic heterocycles. The van der Waals surface area contributed by atoms with Crippen LogP contribution in [0.4, 0.5) is 5.13 Å². The predicted molar refractivity (Wildman–Crippen MR) is 85.6 cm³/mol. The summed E-state index contributed by atoms with van der Waals surface area (Å²) in [7, 11) is -3.69. The van der Waals surface area contributed by atoms with E-state index in [0.29, 0.717) is 5.13 Å². The van der Waals surface area contributed by atoms with Crippen LogP contribution < -0.4 is 4.72 Å². The summed E-state index contributed by atoms with van der Waals surface area (Å²) >= 11 is 7.39. The molecule has 21 heavy (non-hydrogen) atoms. The molecule has 1 aromatic carbocycles. The van der Waals surface area contributed by atoms with Gasteiger partial charge in [-0.15, -0.1) is 11.3 Å². The molecule has 0 unspecified atom stereocenters. The van der Waals surface area contributed by atoms with Crippen LogP contribution in [0.1, 0.15) is 29.8 Å². The third-order valence-corrected chi connectivity index (χ3v) is 6.48. The maximum Gasteiger partial charge on any atom is 0.265 e. The molecule has 1 heterocycles. The molecule has 1 aliphatic rings. The lowest BCUT2D eigenvalue weighted by atomic mass is 10.2. The van der Waals surface area contributed by atoms with Gasteiger partial charge < -0.3 is 0 Å². The second kappa shape index (κ2) is 5.94. The number of halogens is 1. The number of aryl methyl sites for hydroxylation is 2. The topological polar surface area (TPSA) is 59.1 Å². The largest absolute Gasteiger partial charge is 0.265 e. The SMILES string of the molecule is O=S(=O)(Nc1nc2c(s1)CCCCC2)c1ccccc1Cl. The van der Waals surface area contributed by atoms with Crippen LogP contribution in [-0.2, 0) is 22.9 Å². The Kier molecular flexibility index (Phi) is 4.19. The number of thiazole rings is 1. The average Bonchev–Trinajstić information content (AvgIpc) is 2.67. The van der Waals surface area contributed by atoms with Crippen LogP contribution in [0.2, 0.25) is 5.02 Å². The van der Waals surface area contributed by atoms with Gasteiger partial charge in [-0.25, -0.2) is 13.4 Å². The Hall–Kier alpha value is -1.11. The summed E-state index contributed by atoms with van der Waals surface area (Å²) in [6.07, 6.45) is 5.39. The van der Waals surface area contributed by atoms with Crippen molar-refractivity contribution in [3.8, 4) is 0 Å². The number of hydrogen-bond donors (Lipinski definition) is 1. The molecule has 0 saturated heterocycles. The monoisotopic (exact) mass is 342 g/mol. The molecule has 0 fully saturated rings. The molecule has 1 N–H and O–H groups in total. The van der Waals surface area contributed by atoms with E-state index in [4.69, 9.17) is 11.6 Å². The number of aromatic nitrogens is 1. The lowest BCUT2D eigenvalue weighted by Gasteiger charge is -2.06. The maximum absolute atomic E-state index is 12.4. The zero-order valence-corrected chi connectivity index (χ0v) is 13.7. The molecule has 2 aromatic rings. The first-order valence-electron chi connectivity index (χ1n) is 6.82. The van der Waals surface area contributed by atoms with Crippen LogP contribution in [-0.4, -0.2) is 13.4 Å². The summed E-state index contributed by atoms with van der Waals surface area (Å²) in [5.74, 6) is 0. The van der Waals surface area contributed by atoms with Gasteiger partial charge in [0.15, 0.2) is 5.13 Å². The van der Waals surface area contributed by atoms with E-state index in [1.54, 1.807) is 18.2 Å². The number of nitrogens with one attached hydrogen (secondary N) is 1. The van der Waals surface area contributed by atoms with E-state index in [1.807, 2.05) is 0 Å². The van der Waals surface area contributed by atoms with Crippen LogP contribution in [0.3, 0.4) is 0 Å². The number of nitrogens with zero attached hydrogens (tertiary/aromatic N) is 1. The van der Waals surface area contributed by atoms with Crippen molar-refractivity contribution in [1.29, 1.82) is 0 Å². The van der Waals surface area contributed by atoms with E-state index in [1.165, 1.54) is 28.7 Å². The van der Waals surface area contributed by atoms with Crippen LogP contribution in [0.5, 0.6) is 0 Å². The van der Waals surface area contributed by atoms with Gasteiger partial charge in [0.2, 0.25) is 0 Å². The van der Waals surface area contributed by atoms with Gasteiger partial charge in [0.05, 0.1) is 10.7 Å². The highest BCUT2D eigenvalue weighted by Crippen LogP contribution is 2.31. The number of anilines is 1. The Labute approximate surface area is 133 Å². The van der Waals surface area contributed by atoms with Gasteiger partial charge in [0.25, 0.3) is 10.0 Å². The summed E-state index contributed by atoms with van der Waals surface area (Å²) in [4.78, 5) is 5.72. The van der Waals surface area contributed by atoms with E-state index in [0.717, 1.165) is 31.4 Å². The van der Waals surface area contributed by atoms with Gasteiger partial charge in [-0.3, -0.25) is 4.72 Å². The van der Waals surface area contributed by atoms with Gasteiger partial charge in [0, 0.05) is 4.88 Å². The second-order valence-electron chi connectivity index (χ2n) is 4.99. The van der Waals surface area contributed by atoms with Crippen LogP contribution in [0.15, 0.2) is 29.2 Å². The predicted octanol–water partition coefficient (Wildman–Crippen LogP) is 3.87. The fraction of sp³-hybridized carbons (Fsp3) is 0.357. The summed E-state index contributed by atoms with van der Waals surface area (Å²) in [6.45, 7) is 0. The Morgan fingerprint density at radius 1 is 1.14 bits per heavy atom. The highest BCUT2D eigenvalue weighted by Gasteiger charge is 2.21. The highest BCUT2D eigenvalue weighted by molar-refractivity contribution is 7.93. The Morgan fingerprint density at radius 3 is 2.71 bits per heavy atom. The van der Waals surface area contributed by atoms with Gasteiger partial charge in [0.1, 0.15) is 4.90 Å². The maximum atomic E-state index is 12.4. The van der Waals surface area contributed by atoms with Crippen LogP contribution in [0, 0.1) is 0 Å². The molecule has 4 nitrogen and oxygen atoms in total. The molecule has 0 amide bonds. The van der Waals surface area contributed by atoms with Crippen molar-refractivity contribution < 1.29 is 8.42 Å². The molecule has 7 heteroatoms. The number of fused-ring (bicyclic) bond motifs is 1. The first kappa shape index (κ1) is 14.8. The van der Waals surface area contributed by atoms with Gasteiger partial charge in [-0.05, 0) is 37.8 Å². The quantitative estimate of drug-likeness (QED) is 0.861. The first-order chi connectivity index (χ1) is 10.1. The molecular weight excluding hydrogens is 328 g/mol. The first-order valence-corrected chi connectivity index (χ1v) is 9.50. The van der Waals surface area contributed by atoms with Crippen LogP contribution >= 0.6 is 22.9 Å². The van der Waals surface area contributed by atoms with Crippen molar-refractivity contribution >= 4 is 38.1 Å². The molecular formula is C14H15ClN2O2S2. The van der Waals surface area contributed by atoms with E-state index < -0.39 is 10.0 Å². The van der Waals surface area contributed by atoms with Gasteiger partial charge >= 0.3 is 0 Å².